The van der Waals surface area contributed by atoms with E-state index in [1.54, 1.807) is 29.2 Å². The average Bonchev–Trinajstić information content (AvgIpc) is 2.68. The number of amides is 1. The van der Waals surface area contributed by atoms with Gasteiger partial charge < -0.3 is 14.4 Å². The van der Waals surface area contributed by atoms with Gasteiger partial charge in [0.2, 0.25) is 0 Å². The first-order valence-electron chi connectivity index (χ1n) is 8.51. The summed E-state index contributed by atoms with van der Waals surface area (Å²) in [6.45, 7) is 4.81. The second-order valence-corrected chi connectivity index (χ2v) is 7.33. The molecule has 0 fully saturated rings. The van der Waals surface area contributed by atoms with E-state index in [4.69, 9.17) is 9.47 Å². The maximum atomic E-state index is 12.8. The Hall–Kier alpha value is -2.74. The standard InChI is InChI=1S/C19H24N2O5S/c1-5-21(6-2)19(22)15-9-7-8-10-16(15)20-27(23,24)14-11-12-17(25-3)18(13-14)26-4/h7-13,20H,5-6H2,1-4H3. The number of ether oxygens (including phenoxy) is 2. The molecule has 1 amide bonds. The van der Waals surface area contributed by atoms with Gasteiger partial charge in [0.15, 0.2) is 11.5 Å². The maximum absolute atomic E-state index is 12.8. The van der Waals surface area contributed by atoms with Crippen molar-refractivity contribution in [2.75, 3.05) is 32.0 Å². The molecular weight excluding hydrogens is 368 g/mol. The monoisotopic (exact) mass is 392 g/mol. The number of para-hydroxylation sites is 1. The Morgan fingerprint density at radius 1 is 1.00 bits per heavy atom. The fourth-order valence-electron chi connectivity index (χ4n) is 2.63. The van der Waals surface area contributed by atoms with Crippen LogP contribution in [0, 0.1) is 0 Å². The molecule has 0 aliphatic carbocycles. The molecule has 0 saturated heterocycles. The molecule has 0 aromatic heterocycles. The molecule has 8 heteroatoms. The molecule has 0 atom stereocenters. The summed E-state index contributed by atoms with van der Waals surface area (Å²) >= 11 is 0. The van der Waals surface area contributed by atoms with Crippen molar-refractivity contribution in [3.8, 4) is 11.5 Å². The number of sulfonamides is 1. The molecule has 2 aromatic rings. The van der Waals surface area contributed by atoms with Gasteiger partial charge in [-0.3, -0.25) is 9.52 Å². The predicted molar refractivity (Wildman–Crippen MR) is 104 cm³/mol. The lowest BCUT2D eigenvalue weighted by Gasteiger charge is -2.21. The number of methoxy groups -OCH3 is 2. The van der Waals surface area contributed by atoms with Crippen LogP contribution in [0.3, 0.4) is 0 Å². The SMILES string of the molecule is CCN(CC)C(=O)c1ccccc1NS(=O)(=O)c1ccc(OC)c(OC)c1. The highest BCUT2D eigenvalue weighted by molar-refractivity contribution is 7.92. The number of carbonyl (C=O) groups is 1. The molecule has 0 aliphatic rings. The number of rotatable bonds is 8. The molecule has 0 unspecified atom stereocenters. The highest BCUT2D eigenvalue weighted by atomic mass is 32.2. The molecule has 0 radical (unpaired) electrons. The lowest BCUT2D eigenvalue weighted by atomic mass is 10.1. The third kappa shape index (κ3) is 4.51. The normalized spacial score (nSPS) is 11.0. The van der Waals surface area contributed by atoms with Crippen molar-refractivity contribution in [1.82, 2.24) is 4.90 Å². The Morgan fingerprint density at radius 2 is 1.63 bits per heavy atom. The number of nitrogens with one attached hydrogen (secondary N) is 1. The first-order chi connectivity index (χ1) is 12.9. The van der Waals surface area contributed by atoms with Gasteiger partial charge in [0.05, 0.1) is 30.4 Å². The third-order valence-electron chi connectivity index (χ3n) is 4.12. The van der Waals surface area contributed by atoms with Gasteiger partial charge in [0.25, 0.3) is 15.9 Å². The number of hydrogen-bond acceptors (Lipinski definition) is 5. The molecule has 0 saturated carbocycles. The molecular formula is C19H24N2O5S. The Kier molecular flexibility index (Phi) is 6.68. The molecule has 2 rings (SSSR count). The molecule has 0 spiro atoms. The van der Waals surface area contributed by atoms with E-state index in [1.807, 2.05) is 13.8 Å². The minimum Gasteiger partial charge on any atom is -0.493 e. The minimum atomic E-state index is -3.92. The van der Waals surface area contributed by atoms with Gasteiger partial charge in [0.1, 0.15) is 0 Å². The number of anilines is 1. The summed E-state index contributed by atoms with van der Waals surface area (Å²) < 4.78 is 38.4. The fraction of sp³-hybridized carbons (Fsp3) is 0.316. The van der Waals surface area contributed by atoms with Gasteiger partial charge in [-0.1, -0.05) is 12.1 Å². The molecule has 0 aliphatic heterocycles. The maximum Gasteiger partial charge on any atom is 0.262 e. The summed E-state index contributed by atoms with van der Waals surface area (Å²) in [7, 11) is -1.02. The van der Waals surface area contributed by atoms with Crippen LogP contribution in [-0.4, -0.2) is 46.5 Å². The average molecular weight is 392 g/mol. The van der Waals surface area contributed by atoms with E-state index < -0.39 is 10.0 Å². The lowest BCUT2D eigenvalue weighted by Crippen LogP contribution is -2.31. The fourth-order valence-corrected chi connectivity index (χ4v) is 3.72. The quantitative estimate of drug-likeness (QED) is 0.746. The molecule has 146 valence electrons. The molecule has 1 N–H and O–H groups in total. The Balaban J connectivity index is 2.41. The minimum absolute atomic E-state index is 0.00485. The van der Waals surface area contributed by atoms with E-state index >= 15 is 0 Å². The zero-order valence-electron chi connectivity index (χ0n) is 15.9. The highest BCUT2D eigenvalue weighted by Gasteiger charge is 2.22. The van der Waals surface area contributed by atoms with Crippen LogP contribution in [0.15, 0.2) is 47.4 Å². The number of nitrogens with zero attached hydrogens (tertiary/aromatic N) is 1. The van der Waals surface area contributed by atoms with Gasteiger partial charge in [-0.15, -0.1) is 0 Å². The van der Waals surface area contributed by atoms with Crippen molar-refractivity contribution in [3.05, 3.63) is 48.0 Å². The van der Waals surface area contributed by atoms with Crippen molar-refractivity contribution in [2.45, 2.75) is 18.7 Å². The number of benzene rings is 2. The summed E-state index contributed by atoms with van der Waals surface area (Å²) in [6.07, 6.45) is 0. The molecule has 2 aromatic carbocycles. The molecule has 7 nitrogen and oxygen atoms in total. The summed E-state index contributed by atoms with van der Waals surface area (Å²) in [4.78, 5) is 14.3. The first-order valence-corrected chi connectivity index (χ1v) is 9.99. The van der Waals surface area contributed by atoms with Crippen LogP contribution >= 0.6 is 0 Å². The summed E-state index contributed by atoms with van der Waals surface area (Å²) in [5, 5.41) is 0. The van der Waals surface area contributed by atoms with E-state index in [0.29, 0.717) is 30.2 Å². The van der Waals surface area contributed by atoms with E-state index in [9.17, 15) is 13.2 Å². The highest BCUT2D eigenvalue weighted by Crippen LogP contribution is 2.30. The lowest BCUT2D eigenvalue weighted by molar-refractivity contribution is 0.0774. The largest absolute Gasteiger partial charge is 0.493 e. The van der Waals surface area contributed by atoms with E-state index in [1.165, 1.54) is 32.4 Å². The molecule has 0 heterocycles. The van der Waals surface area contributed by atoms with Crippen molar-refractivity contribution >= 4 is 21.6 Å². The summed E-state index contributed by atoms with van der Waals surface area (Å²) in [6, 6.07) is 10.8. The molecule has 0 bridgehead atoms. The topological polar surface area (TPSA) is 84.9 Å². The molecule has 27 heavy (non-hydrogen) atoms. The predicted octanol–water partition coefficient (Wildman–Crippen LogP) is 2.99. The second-order valence-electron chi connectivity index (χ2n) is 5.65. The van der Waals surface area contributed by atoms with Gasteiger partial charge in [-0.05, 0) is 38.1 Å². The van der Waals surface area contributed by atoms with Crippen LogP contribution in [-0.2, 0) is 10.0 Å². The third-order valence-corrected chi connectivity index (χ3v) is 5.48. The number of hydrogen-bond donors (Lipinski definition) is 1. The Bertz CT molecular complexity index is 908. The zero-order chi connectivity index (χ0) is 20.0. The van der Waals surface area contributed by atoms with E-state index in [0.717, 1.165) is 0 Å². The summed E-state index contributed by atoms with van der Waals surface area (Å²) in [5.74, 6) is 0.493. The van der Waals surface area contributed by atoms with Crippen LogP contribution in [0.2, 0.25) is 0 Å². The van der Waals surface area contributed by atoms with Crippen LogP contribution in [0.25, 0.3) is 0 Å². The first kappa shape index (κ1) is 20.6. The van der Waals surface area contributed by atoms with Crippen LogP contribution in [0.4, 0.5) is 5.69 Å². The van der Waals surface area contributed by atoms with Gasteiger partial charge in [0, 0.05) is 19.2 Å². The smallest absolute Gasteiger partial charge is 0.262 e. The zero-order valence-corrected chi connectivity index (χ0v) is 16.7. The van der Waals surface area contributed by atoms with Gasteiger partial charge >= 0.3 is 0 Å². The summed E-state index contributed by atoms with van der Waals surface area (Å²) in [5.41, 5.74) is 0.523. The van der Waals surface area contributed by atoms with Crippen LogP contribution in [0.1, 0.15) is 24.2 Å². The van der Waals surface area contributed by atoms with Crippen molar-refractivity contribution < 1.29 is 22.7 Å². The van der Waals surface area contributed by atoms with Gasteiger partial charge in [-0.2, -0.15) is 0 Å². The Morgan fingerprint density at radius 3 is 2.22 bits per heavy atom. The number of carbonyl (C=O) groups excluding carboxylic acids is 1. The van der Waals surface area contributed by atoms with Crippen molar-refractivity contribution in [2.24, 2.45) is 0 Å². The van der Waals surface area contributed by atoms with E-state index in [2.05, 4.69) is 4.72 Å². The van der Waals surface area contributed by atoms with Crippen molar-refractivity contribution in [3.63, 3.8) is 0 Å². The second kappa shape index (κ2) is 8.77. The van der Waals surface area contributed by atoms with Crippen LogP contribution < -0.4 is 14.2 Å². The van der Waals surface area contributed by atoms with Gasteiger partial charge in [-0.25, -0.2) is 8.42 Å². The van der Waals surface area contributed by atoms with Crippen molar-refractivity contribution in [1.29, 1.82) is 0 Å². The van der Waals surface area contributed by atoms with E-state index in [-0.39, 0.29) is 16.5 Å². The Labute approximate surface area is 160 Å². The van der Waals surface area contributed by atoms with Crippen LogP contribution in [0.5, 0.6) is 11.5 Å².